The Kier molecular flexibility index (Phi) is 6.84. The van der Waals surface area contributed by atoms with E-state index < -0.39 is 30.8 Å². The number of benzene rings is 1. The Balaban J connectivity index is 0.00000242. The minimum atomic E-state index is -2.82. The molecule has 4 nitrogen and oxygen atoms in total. The van der Waals surface area contributed by atoms with E-state index in [1.807, 2.05) is 0 Å². The van der Waals surface area contributed by atoms with Crippen LogP contribution in [0.5, 0.6) is 5.75 Å². The van der Waals surface area contributed by atoms with Crippen molar-refractivity contribution in [2.45, 2.75) is 31.4 Å². The molecule has 1 aliphatic heterocycles. The summed E-state index contributed by atoms with van der Waals surface area (Å²) < 4.78 is 31.6. The van der Waals surface area contributed by atoms with E-state index in [2.05, 4.69) is 10.6 Å². The van der Waals surface area contributed by atoms with Crippen molar-refractivity contribution in [3.63, 3.8) is 0 Å². The number of para-hydroxylation sites is 1. The van der Waals surface area contributed by atoms with Gasteiger partial charge in [-0.1, -0.05) is 23.7 Å². The number of ether oxygens (including phenoxy) is 1. The number of carbonyl (C=O) groups is 1. The molecular formula is C14H18Cl2F2N2O2. The lowest BCUT2D eigenvalue weighted by atomic mass is 10.2. The number of nitrogens with one attached hydrogen (secondary N) is 2. The molecule has 0 aliphatic carbocycles. The first-order valence-corrected chi connectivity index (χ1v) is 7.05. The van der Waals surface area contributed by atoms with Crippen LogP contribution in [0.25, 0.3) is 0 Å². The monoisotopic (exact) mass is 354 g/mol. The number of halogens is 4. The standard InChI is InChI=1S/C14H17ClF2N2O2.ClH/c1-9(21-12-5-3-2-4-10(12)15)7-18-13(20)11-6-14(16,17)8-19-11;/h2-5,9,11,19H,6-8H2,1H3,(H,18,20);1H. The maximum Gasteiger partial charge on any atom is 0.262 e. The first kappa shape index (κ1) is 18.9. The van der Waals surface area contributed by atoms with Gasteiger partial charge in [-0.25, -0.2) is 8.78 Å². The van der Waals surface area contributed by atoms with Crippen molar-refractivity contribution < 1.29 is 18.3 Å². The van der Waals surface area contributed by atoms with Gasteiger partial charge in [-0.05, 0) is 19.1 Å². The molecule has 1 fully saturated rings. The van der Waals surface area contributed by atoms with Crippen molar-refractivity contribution in [1.82, 2.24) is 10.6 Å². The predicted molar refractivity (Wildman–Crippen MR) is 83.2 cm³/mol. The third kappa shape index (κ3) is 5.26. The van der Waals surface area contributed by atoms with Crippen molar-refractivity contribution in [3.05, 3.63) is 29.3 Å². The van der Waals surface area contributed by atoms with Crippen molar-refractivity contribution >= 4 is 29.9 Å². The highest BCUT2D eigenvalue weighted by atomic mass is 35.5. The summed E-state index contributed by atoms with van der Waals surface area (Å²) in [6, 6.07) is 6.14. The highest BCUT2D eigenvalue weighted by molar-refractivity contribution is 6.32. The molecule has 22 heavy (non-hydrogen) atoms. The first-order valence-electron chi connectivity index (χ1n) is 6.67. The van der Waals surface area contributed by atoms with Gasteiger partial charge in [0, 0.05) is 6.42 Å². The minimum Gasteiger partial charge on any atom is -0.487 e. The topological polar surface area (TPSA) is 50.4 Å². The van der Waals surface area contributed by atoms with Crippen LogP contribution in [-0.2, 0) is 4.79 Å². The van der Waals surface area contributed by atoms with Crippen molar-refractivity contribution in [2.75, 3.05) is 13.1 Å². The maximum atomic E-state index is 13.0. The van der Waals surface area contributed by atoms with E-state index in [4.69, 9.17) is 16.3 Å². The van der Waals surface area contributed by atoms with Gasteiger partial charge >= 0.3 is 0 Å². The van der Waals surface area contributed by atoms with Crippen LogP contribution < -0.4 is 15.4 Å². The number of alkyl halides is 2. The fraction of sp³-hybridized carbons (Fsp3) is 0.500. The summed E-state index contributed by atoms with van der Waals surface area (Å²) in [5.74, 6) is -2.74. The van der Waals surface area contributed by atoms with Crippen LogP contribution in [0.4, 0.5) is 8.78 Å². The molecule has 2 rings (SSSR count). The summed E-state index contributed by atoms with van der Waals surface area (Å²) >= 11 is 5.96. The van der Waals surface area contributed by atoms with Gasteiger partial charge in [0.05, 0.1) is 24.2 Å². The average molecular weight is 355 g/mol. The molecule has 1 aliphatic rings. The van der Waals surface area contributed by atoms with Crippen molar-refractivity contribution in [2.24, 2.45) is 0 Å². The third-order valence-electron chi connectivity index (χ3n) is 3.15. The molecule has 0 saturated carbocycles. The van der Waals surface area contributed by atoms with Gasteiger partial charge in [0.2, 0.25) is 5.91 Å². The largest absolute Gasteiger partial charge is 0.487 e. The van der Waals surface area contributed by atoms with Gasteiger partial charge in [0.1, 0.15) is 11.9 Å². The van der Waals surface area contributed by atoms with Gasteiger partial charge < -0.3 is 10.1 Å². The molecule has 0 spiro atoms. The Bertz CT molecular complexity index is 517. The second-order valence-electron chi connectivity index (χ2n) is 5.10. The van der Waals surface area contributed by atoms with Crippen LogP contribution in [0.15, 0.2) is 24.3 Å². The molecule has 1 aromatic rings. The summed E-state index contributed by atoms with van der Waals surface area (Å²) in [7, 11) is 0. The van der Waals surface area contributed by atoms with Crippen LogP contribution in [0.2, 0.25) is 5.02 Å². The number of hydrogen-bond acceptors (Lipinski definition) is 3. The van der Waals surface area contributed by atoms with Crippen LogP contribution >= 0.6 is 24.0 Å². The van der Waals surface area contributed by atoms with Gasteiger partial charge in [0.25, 0.3) is 5.92 Å². The number of carbonyl (C=O) groups excluding carboxylic acids is 1. The second-order valence-corrected chi connectivity index (χ2v) is 5.50. The third-order valence-corrected chi connectivity index (χ3v) is 3.47. The lowest BCUT2D eigenvalue weighted by Crippen LogP contribution is -2.43. The van der Waals surface area contributed by atoms with Crippen LogP contribution in [0.1, 0.15) is 13.3 Å². The Labute approximate surface area is 139 Å². The molecule has 2 unspecified atom stereocenters. The van der Waals surface area contributed by atoms with Crippen LogP contribution in [0, 0.1) is 0 Å². The fourth-order valence-corrected chi connectivity index (χ4v) is 2.25. The molecule has 1 saturated heterocycles. The Morgan fingerprint density at radius 1 is 1.55 bits per heavy atom. The van der Waals surface area contributed by atoms with Gasteiger partial charge in [0.15, 0.2) is 0 Å². The molecule has 1 amide bonds. The van der Waals surface area contributed by atoms with Crippen molar-refractivity contribution in [1.29, 1.82) is 0 Å². The summed E-state index contributed by atoms with van der Waals surface area (Å²) in [4.78, 5) is 11.8. The average Bonchev–Trinajstić information content (AvgIpc) is 2.79. The van der Waals surface area contributed by atoms with E-state index in [0.29, 0.717) is 10.8 Å². The van der Waals surface area contributed by atoms with Gasteiger partial charge in [-0.15, -0.1) is 12.4 Å². The molecular weight excluding hydrogens is 337 g/mol. The van der Waals surface area contributed by atoms with E-state index in [1.165, 1.54) is 0 Å². The molecule has 0 bridgehead atoms. The van der Waals surface area contributed by atoms with Crippen LogP contribution in [0.3, 0.4) is 0 Å². The summed E-state index contributed by atoms with van der Waals surface area (Å²) in [5.41, 5.74) is 0. The summed E-state index contributed by atoms with van der Waals surface area (Å²) in [5, 5.41) is 5.58. The van der Waals surface area contributed by atoms with E-state index in [-0.39, 0.29) is 25.1 Å². The van der Waals surface area contributed by atoms with E-state index in [9.17, 15) is 13.6 Å². The summed E-state index contributed by atoms with van der Waals surface area (Å²) in [6.07, 6.45) is -0.797. The number of amides is 1. The zero-order valence-electron chi connectivity index (χ0n) is 11.9. The smallest absolute Gasteiger partial charge is 0.262 e. The summed E-state index contributed by atoms with van der Waals surface area (Å²) in [6.45, 7) is 1.52. The highest BCUT2D eigenvalue weighted by Crippen LogP contribution is 2.25. The molecule has 8 heteroatoms. The van der Waals surface area contributed by atoms with E-state index >= 15 is 0 Å². The normalized spacial score (nSPS) is 20.8. The molecule has 0 aromatic heterocycles. The second kappa shape index (κ2) is 7.94. The molecule has 0 radical (unpaired) electrons. The number of rotatable bonds is 5. The molecule has 2 atom stereocenters. The Morgan fingerprint density at radius 3 is 2.82 bits per heavy atom. The van der Waals surface area contributed by atoms with E-state index in [1.54, 1.807) is 31.2 Å². The lowest BCUT2D eigenvalue weighted by Gasteiger charge is -2.17. The predicted octanol–water partition coefficient (Wildman–Crippen LogP) is 2.64. The van der Waals surface area contributed by atoms with Gasteiger partial charge in [-0.3, -0.25) is 10.1 Å². The fourth-order valence-electron chi connectivity index (χ4n) is 2.07. The van der Waals surface area contributed by atoms with Crippen molar-refractivity contribution in [3.8, 4) is 5.75 Å². The molecule has 2 N–H and O–H groups in total. The zero-order valence-corrected chi connectivity index (χ0v) is 13.5. The highest BCUT2D eigenvalue weighted by Gasteiger charge is 2.42. The molecule has 1 heterocycles. The minimum absolute atomic E-state index is 0. The zero-order chi connectivity index (χ0) is 15.5. The lowest BCUT2D eigenvalue weighted by molar-refractivity contribution is -0.123. The number of hydrogen-bond donors (Lipinski definition) is 2. The van der Waals surface area contributed by atoms with Gasteiger partial charge in [-0.2, -0.15) is 0 Å². The molecule has 1 aromatic carbocycles. The van der Waals surface area contributed by atoms with E-state index in [0.717, 1.165) is 0 Å². The van der Waals surface area contributed by atoms with Crippen LogP contribution in [-0.4, -0.2) is 37.1 Å². The Hall–Kier alpha value is -1.11. The SMILES string of the molecule is CC(CNC(=O)C1CC(F)(F)CN1)Oc1ccccc1Cl.Cl. The Morgan fingerprint density at radius 2 is 2.23 bits per heavy atom. The first-order chi connectivity index (χ1) is 9.87. The molecule has 124 valence electrons. The maximum absolute atomic E-state index is 13.0. The quantitative estimate of drug-likeness (QED) is 0.854.